The molecule has 1 aromatic rings. The Morgan fingerprint density at radius 2 is 2.22 bits per heavy atom. The van der Waals surface area contributed by atoms with E-state index in [2.05, 4.69) is 22.5 Å². The summed E-state index contributed by atoms with van der Waals surface area (Å²) in [5.74, 6) is -0.901. The Kier molecular flexibility index (Phi) is 5.55. The van der Waals surface area contributed by atoms with Gasteiger partial charge in [-0.3, -0.25) is 4.79 Å². The van der Waals surface area contributed by atoms with E-state index in [0.29, 0.717) is 0 Å². The smallest absolute Gasteiger partial charge is 0.254 e. The molecule has 1 atom stereocenters. The lowest BCUT2D eigenvalue weighted by molar-refractivity contribution is 0.0929. The maximum atomic E-state index is 13.9. The van der Waals surface area contributed by atoms with E-state index in [0.717, 1.165) is 19.3 Å². The first-order valence-corrected chi connectivity index (χ1v) is 6.27. The summed E-state index contributed by atoms with van der Waals surface area (Å²) in [7, 11) is 1.57. The van der Waals surface area contributed by atoms with Crippen LogP contribution < -0.4 is 10.6 Å². The summed E-state index contributed by atoms with van der Waals surface area (Å²) < 4.78 is 13.9. The second kappa shape index (κ2) is 6.93. The quantitative estimate of drug-likeness (QED) is 0.819. The van der Waals surface area contributed by atoms with Gasteiger partial charge in [0.1, 0.15) is 0 Å². The summed E-state index contributed by atoms with van der Waals surface area (Å²) in [5, 5.41) is 5.46. The molecule has 0 saturated heterocycles. The molecule has 2 N–H and O–H groups in total. The minimum atomic E-state index is -0.608. The SMILES string of the molecule is CCCC(CC)NC(=O)c1ccnc(NC)c1F. The number of hydrogen-bond acceptors (Lipinski definition) is 3. The monoisotopic (exact) mass is 253 g/mol. The van der Waals surface area contributed by atoms with Gasteiger partial charge in [0.15, 0.2) is 11.6 Å². The highest BCUT2D eigenvalue weighted by atomic mass is 19.1. The van der Waals surface area contributed by atoms with Gasteiger partial charge in [-0.15, -0.1) is 0 Å². The zero-order valence-electron chi connectivity index (χ0n) is 11.1. The van der Waals surface area contributed by atoms with Gasteiger partial charge in [-0.2, -0.15) is 0 Å². The van der Waals surface area contributed by atoms with Crippen molar-refractivity contribution in [2.75, 3.05) is 12.4 Å². The molecule has 0 aliphatic heterocycles. The van der Waals surface area contributed by atoms with Crippen molar-refractivity contribution >= 4 is 11.7 Å². The standard InChI is InChI=1S/C13H20FN3O/c1-4-6-9(5-2)17-13(18)10-7-8-16-12(15-3)11(10)14/h7-9H,4-6H2,1-3H3,(H,15,16)(H,17,18). The van der Waals surface area contributed by atoms with Gasteiger partial charge >= 0.3 is 0 Å². The summed E-state index contributed by atoms with van der Waals surface area (Å²) in [6.07, 6.45) is 4.14. The van der Waals surface area contributed by atoms with Crippen LogP contribution in [0.3, 0.4) is 0 Å². The molecule has 1 rings (SSSR count). The van der Waals surface area contributed by atoms with E-state index in [1.54, 1.807) is 7.05 Å². The maximum Gasteiger partial charge on any atom is 0.254 e. The highest BCUT2D eigenvalue weighted by Crippen LogP contribution is 2.15. The molecule has 0 radical (unpaired) electrons. The van der Waals surface area contributed by atoms with E-state index in [-0.39, 0.29) is 23.3 Å². The third-order valence-corrected chi connectivity index (χ3v) is 2.84. The molecular weight excluding hydrogens is 233 g/mol. The van der Waals surface area contributed by atoms with E-state index in [4.69, 9.17) is 0 Å². The molecule has 1 amide bonds. The number of carbonyl (C=O) groups excluding carboxylic acids is 1. The van der Waals surface area contributed by atoms with Gasteiger partial charge in [0, 0.05) is 19.3 Å². The highest BCUT2D eigenvalue weighted by molar-refractivity contribution is 5.95. The number of rotatable bonds is 6. The van der Waals surface area contributed by atoms with Gasteiger partial charge in [-0.25, -0.2) is 9.37 Å². The molecule has 0 aliphatic carbocycles. The number of anilines is 1. The average molecular weight is 253 g/mol. The number of halogens is 1. The molecule has 1 heterocycles. The molecule has 0 spiro atoms. The Bertz CT molecular complexity index is 409. The fourth-order valence-electron chi connectivity index (χ4n) is 1.78. The van der Waals surface area contributed by atoms with Crippen molar-refractivity contribution in [3.05, 3.63) is 23.6 Å². The van der Waals surface area contributed by atoms with E-state index < -0.39 is 5.82 Å². The zero-order valence-corrected chi connectivity index (χ0v) is 11.1. The first kappa shape index (κ1) is 14.4. The molecule has 0 fully saturated rings. The molecule has 0 aliphatic rings. The predicted octanol–water partition coefficient (Wildman–Crippen LogP) is 2.57. The van der Waals surface area contributed by atoms with Crippen molar-refractivity contribution in [1.29, 1.82) is 0 Å². The van der Waals surface area contributed by atoms with Crippen LogP contribution in [0.25, 0.3) is 0 Å². The molecule has 1 aromatic heterocycles. The van der Waals surface area contributed by atoms with E-state index in [9.17, 15) is 9.18 Å². The number of amides is 1. The van der Waals surface area contributed by atoms with Crippen molar-refractivity contribution in [3.8, 4) is 0 Å². The van der Waals surface area contributed by atoms with Crippen molar-refractivity contribution in [1.82, 2.24) is 10.3 Å². The Hall–Kier alpha value is -1.65. The minimum absolute atomic E-state index is 0.0314. The van der Waals surface area contributed by atoms with Crippen LogP contribution >= 0.6 is 0 Å². The number of hydrogen-bond donors (Lipinski definition) is 2. The van der Waals surface area contributed by atoms with Gasteiger partial charge in [0.25, 0.3) is 5.91 Å². The van der Waals surface area contributed by atoms with Crippen LogP contribution in [-0.2, 0) is 0 Å². The van der Waals surface area contributed by atoms with Gasteiger partial charge in [0.05, 0.1) is 5.56 Å². The minimum Gasteiger partial charge on any atom is -0.371 e. The first-order chi connectivity index (χ1) is 8.63. The van der Waals surface area contributed by atoms with Crippen molar-refractivity contribution in [3.63, 3.8) is 0 Å². The van der Waals surface area contributed by atoms with E-state index in [1.807, 2.05) is 6.92 Å². The lowest BCUT2D eigenvalue weighted by atomic mass is 10.1. The first-order valence-electron chi connectivity index (χ1n) is 6.27. The number of pyridine rings is 1. The van der Waals surface area contributed by atoms with Gasteiger partial charge in [-0.1, -0.05) is 20.3 Å². The average Bonchev–Trinajstić information content (AvgIpc) is 2.38. The summed E-state index contributed by atoms with van der Waals surface area (Å²) in [5.41, 5.74) is 0.0314. The van der Waals surface area contributed by atoms with Crippen molar-refractivity contribution in [2.45, 2.75) is 39.2 Å². The molecule has 0 saturated carbocycles. The van der Waals surface area contributed by atoms with E-state index >= 15 is 0 Å². The summed E-state index contributed by atoms with van der Waals surface area (Å²) in [6, 6.07) is 1.48. The lowest BCUT2D eigenvalue weighted by Crippen LogP contribution is -2.34. The summed E-state index contributed by atoms with van der Waals surface area (Å²) in [4.78, 5) is 15.8. The van der Waals surface area contributed by atoms with Crippen LogP contribution in [0.4, 0.5) is 10.2 Å². The molecule has 100 valence electrons. The van der Waals surface area contributed by atoms with E-state index in [1.165, 1.54) is 12.3 Å². The fraction of sp³-hybridized carbons (Fsp3) is 0.538. The topological polar surface area (TPSA) is 54.0 Å². The lowest BCUT2D eigenvalue weighted by Gasteiger charge is -2.16. The second-order valence-electron chi connectivity index (χ2n) is 4.14. The predicted molar refractivity (Wildman–Crippen MR) is 70.2 cm³/mol. The maximum absolute atomic E-state index is 13.9. The fourth-order valence-corrected chi connectivity index (χ4v) is 1.78. The Labute approximate surface area is 107 Å². The van der Waals surface area contributed by atoms with Crippen LogP contribution in [0.2, 0.25) is 0 Å². The van der Waals surface area contributed by atoms with Gasteiger partial charge in [0.2, 0.25) is 0 Å². The number of nitrogens with one attached hydrogen (secondary N) is 2. The van der Waals surface area contributed by atoms with Crippen LogP contribution in [0.5, 0.6) is 0 Å². The molecule has 1 unspecified atom stereocenters. The number of aromatic nitrogens is 1. The van der Waals surface area contributed by atoms with Crippen molar-refractivity contribution < 1.29 is 9.18 Å². The number of carbonyl (C=O) groups is 1. The molecule has 18 heavy (non-hydrogen) atoms. The third-order valence-electron chi connectivity index (χ3n) is 2.84. The second-order valence-corrected chi connectivity index (χ2v) is 4.14. The van der Waals surface area contributed by atoms with Crippen LogP contribution in [0.15, 0.2) is 12.3 Å². The van der Waals surface area contributed by atoms with Crippen LogP contribution in [-0.4, -0.2) is 24.0 Å². The molecule has 0 bridgehead atoms. The molecular formula is C13H20FN3O. The number of nitrogens with zero attached hydrogens (tertiary/aromatic N) is 1. The Morgan fingerprint density at radius 3 is 2.78 bits per heavy atom. The Balaban J connectivity index is 2.84. The van der Waals surface area contributed by atoms with Gasteiger partial charge < -0.3 is 10.6 Å². The summed E-state index contributed by atoms with van der Waals surface area (Å²) in [6.45, 7) is 4.06. The zero-order chi connectivity index (χ0) is 13.5. The van der Waals surface area contributed by atoms with Crippen LogP contribution in [0.1, 0.15) is 43.5 Å². The Morgan fingerprint density at radius 1 is 1.50 bits per heavy atom. The van der Waals surface area contributed by atoms with Gasteiger partial charge in [-0.05, 0) is 18.9 Å². The molecule has 4 nitrogen and oxygen atoms in total. The molecule has 0 aromatic carbocycles. The highest BCUT2D eigenvalue weighted by Gasteiger charge is 2.17. The van der Waals surface area contributed by atoms with Crippen LogP contribution in [0, 0.1) is 5.82 Å². The molecule has 5 heteroatoms. The largest absolute Gasteiger partial charge is 0.371 e. The van der Waals surface area contributed by atoms with Crippen molar-refractivity contribution in [2.24, 2.45) is 0 Å². The third kappa shape index (κ3) is 3.42. The summed E-state index contributed by atoms with van der Waals surface area (Å²) >= 11 is 0. The normalized spacial score (nSPS) is 12.0.